The molecule has 3 fully saturated rings. The van der Waals surface area contributed by atoms with E-state index in [1.165, 1.54) is 32.1 Å². The first-order valence-electron chi connectivity index (χ1n) is 16.5. The van der Waals surface area contributed by atoms with Crippen molar-refractivity contribution in [2.75, 3.05) is 26.2 Å². The van der Waals surface area contributed by atoms with Crippen molar-refractivity contribution in [1.82, 2.24) is 20.0 Å². The van der Waals surface area contributed by atoms with Crippen LogP contribution >= 0.6 is 11.6 Å². The normalized spacial score (nSPS) is 23.9. The summed E-state index contributed by atoms with van der Waals surface area (Å²) in [6, 6.07) is 8.88. The van der Waals surface area contributed by atoms with Crippen molar-refractivity contribution in [1.29, 1.82) is 0 Å². The minimum Gasteiger partial charge on any atom is -0.341 e. The standard InChI is InChI=1S/C33H54ClN5O2/c1-3-37(4-2)33(41)39(29-10-8-6-5-7-9-11-29)30-20-22-38(23-21-30)32(40)31(24-25-12-14-26(34)15-13-25)36-28-18-16-27(35)17-19-28/h12-15,27-31,36H,3-11,16-24,35H2,1-2H3/t27?,28?,31-/m1/s1. The molecule has 3 N–H and O–H groups in total. The molecule has 2 aliphatic carbocycles. The highest BCUT2D eigenvalue weighted by atomic mass is 35.5. The number of nitrogens with two attached hydrogens (primary N) is 1. The zero-order chi connectivity index (χ0) is 29.2. The van der Waals surface area contributed by atoms with Gasteiger partial charge in [-0.3, -0.25) is 4.79 Å². The molecule has 1 aromatic rings. The molecule has 3 aliphatic rings. The van der Waals surface area contributed by atoms with Crippen molar-refractivity contribution in [2.45, 2.75) is 134 Å². The van der Waals surface area contributed by atoms with Gasteiger partial charge in [0.05, 0.1) is 6.04 Å². The molecule has 1 saturated heterocycles. The minimum absolute atomic E-state index is 0.181. The number of likely N-dealkylation sites (tertiary alicyclic amines) is 1. The summed E-state index contributed by atoms with van der Waals surface area (Å²) in [4.78, 5) is 34.2. The Morgan fingerprint density at radius 1 is 0.878 bits per heavy atom. The highest BCUT2D eigenvalue weighted by Crippen LogP contribution is 2.29. The van der Waals surface area contributed by atoms with E-state index in [1.54, 1.807) is 0 Å². The number of rotatable bonds is 9. The van der Waals surface area contributed by atoms with Gasteiger partial charge in [-0.15, -0.1) is 0 Å². The van der Waals surface area contributed by atoms with Crippen LogP contribution in [0.1, 0.15) is 103 Å². The maximum Gasteiger partial charge on any atom is 0.320 e. The maximum absolute atomic E-state index is 14.0. The van der Waals surface area contributed by atoms with Crippen molar-refractivity contribution < 1.29 is 9.59 Å². The third-order valence-corrected chi connectivity index (χ3v) is 10.0. The molecule has 7 nitrogen and oxygen atoms in total. The van der Waals surface area contributed by atoms with E-state index in [4.69, 9.17) is 17.3 Å². The Bertz CT molecular complexity index is 931. The maximum atomic E-state index is 14.0. The number of hydrogen-bond donors (Lipinski definition) is 2. The average molecular weight is 588 g/mol. The first-order valence-corrected chi connectivity index (χ1v) is 16.9. The van der Waals surface area contributed by atoms with Gasteiger partial charge in [-0.1, -0.05) is 55.8 Å². The quantitative estimate of drug-likeness (QED) is 0.372. The number of carbonyl (C=O) groups is 2. The van der Waals surface area contributed by atoms with Crippen molar-refractivity contribution in [3.05, 3.63) is 34.9 Å². The molecule has 0 unspecified atom stereocenters. The second-order valence-electron chi connectivity index (χ2n) is 12.6. The van der Waals surface area contributed by atoms with Crippen LogP contribution in [0.5, 0.6) is 0 Å². The lowest BCUT2D eigenvalue weighted by atomic mass is 9.90. The summed E-state index contributed by atoms with van der Waals surface area (Å²) in [5.74, 6) is 0.181. The lowest BCUT2D eigenvalue weighted by molar-refractivity contribution is -0.135. The van der Waals surface area contributed by atoms with Gasteiger partial charge in [0.1, 0.15) is 0 Å². The number of nitrogens with one attached hydrogen (secondary N) is 1. The Labute approximate surface area is 253 Å². The van der Waals surface area contributed by atoms with Crippen molar-refractivity contribution >= 4 is 23.5 Å². The minimum atomic E-state index is -0.272. The van der Waals surface area contributed by atoms with Gasteiger partial charge in [-0.2, -0.15) is 0 Å². The van der Waals surface area contributed by atoms with E-state index in [2.05, 4.69) is 29.0 Å². The van der Waals surface area contributed by atoms with Gasteiger partial charge < -0.3 is 25.8 Å². The van der Waals surface area contributed by atoms with E-state index in [0.29, 0.717) is 36.6 Å². The third kappa shape index (κ3) is 9.08. The Morgan fingerprint density at radius 2 is 1.44 bits per heavy atom. The second-order valence-corrected chi connectivity index (χ2v) is 13.0. The molecule has 0 bridgehead atoms. The number of piperidine rings is 1. The second kappa shape index (κ2) is 16.1. The van der Waals surface area contributed by atoms with Crippen LogP contribution in [0.4, 0.5) is 4.79 Å². The van der Waals surface area contributed by atoms with Gasteiger partial charge in [-0.25, -0.2) is 4.79 Å². The number of urea groups is 1. The van der Waals surface area contributed by atoms with E-state index < -0.39 is 0 Å². The fraction of sp³-hybridized carbons (Fsp3) is 0.758. The van der Waals surface area contributed by atoms with Crippen LogP contribution in [0.25, 0.3) is 0 Å². The predicted molar refractivity (Wildman–Crippen MR) is 168 cm³/mol. The topological polar surface area (TPSA) is 81.9 Å². The molecule has 4 rings (SSSR count). The summed E-state index contributed by atoms with van der Waals surface area (Å²) >= 11 is 6.14. The molecule has 2 saturated carbocycles. The van der Waals surface area contributed by atoms with Crippen LogP contribution in [0.15, 0.2) is 24.3 Å². The molecule has 0 radical (unpaired) electrons. The van der Waals surface area contributed by atoms with E-state index in [9.17, 15) is 9.59 Å². The summed E-state index contributed by atoms with van der Waals surface area (Å²) in [5, 5.41) is 4.44. The average Bonchev–Trinajstić information content (AvgIpc) is 2.97. The SMILES string of the molecule is CCN(CC)C(=O)N(C1CCCCCCC1)C1CCN(C(=O)[C@@H](Cc2ccc(Cl)cc2)NC2CCC(N)CC2)CC1. The lowest BCUT2D eigenvalue weighted by Gasteiger charge is -2.45. The first kappa shape index (κ1) is 32.1. The molecule has 1 atom stereocenters. The van der Waals surface area contributed by atoms with Crippen LogP contribution in [-0.4, -0.2) is 83.0 Å². The van der Waals surface area contributed by atoms with Crippen LogP contribution in [0, 0.1) is 0 Å². The molecule has 230 valence electrons. The zero-order valence-electron chi connectivity index (χ0n) is 25.5. The highest BCUT2D eigenvalue weighted by molar-refractivity contribution is 6.30. The molecule has 3 amide bonds. The molecule has 41 heavy (non-hydrogen) atoms. The van der Waals surface area contributed by atoms with Crippen molar-refractivity contribution in [3.63, 3.8) is 0 Å². The molecule has 1 aromatic carbocycles. The van der Waals surface area contributed by atoms with Gasteiger partial charge in [0.2, 0.25) is 5.91 Å². The van der Waals surface area contributed by atoms with E-state index in [-0.39, 0.29) is 30.1 Å². The molecular formula is C33H54ClN5O2. The number of nitrogens with zero attached hydrogens (tertiary/aromatic N) is 3. The summed E-state index contributed by atoms with van der Waals surface area (Å²) in [5.41, 5.74) is 7.27. The highest BCUT2D eigenvalue weighted by Gasteiger charge is 2.37. The summed E-state index contributed by atoms with van der Waals surface area (Å²) in [6.07, 6.45) is 14.8. The fourth-order valence-corrected chi connectivity index (χ4v) is 7.34. The Kier molecular flexibility index (Phi) is 12.6. The number of benzene rings is 1. The molecule has 1 aliphatic heterocycles. The molecular weight excluding hydrogens is 534 g/mol. The summed E-state index contributed by atoms with van der Waals surface area (Å²) in [6.45, 7) is 7.03. The Hall–Kier alpha value is -1.83. The van der Waals surface area contributed by atoms with Crippen molar-refractivity contribution in [3.8, 4) is 0 Å². The largest absolute Gasteiger partial charge is 0.341 e. The van der Waals surface area contributed by atoms with Gasteiger partial charge >= 0.3 is 6.03 Å². The van der Waals surface area contributed by atoms with E-state index in [0.717, 1.165) is 70.0 Å². The third-order valence-electron chi connectivity index (χ3n) is 9.75. The zero-order valence-corrected chi connectivity index (χ0v) is 26.3. The molecule has 0 aromatic heterocycles. The number of hydrogen-bond acceptors (Lipinski definition) is 4. The summed E-state index contributed by atoms with van der Waals surface area (Å²) < 4.78 is 0. The number of amides is 3. The predicted octanol–water partition coefficient (Wildman–Crippen LogP) is 5.98. The summed E-state index contributed by atoms with van der Waals surface area (Å²) in [7, 11) is 0. The van der Waals surface area contributed by atoms with Gasteiger partial charge in [0.25, 0.3) is 0 Å². The molecule has 1 heterocycles. The number of carbonyl (C=O) groups excluding carboxylic acids is 2. The van der Waals surface area contributed by atoms with Crippen LogP contribution in [0.3, 0.4) is 0 Å². The van der Waals surface area contributed by atoms with E-state index >= 15 is 0 Å². The first-order chi connectivity index (χ1) is 19.9. The van der Waals surface area contributed by atoms with Crippen LogP contribution < -0.4 is 11.1 Å². The smallest absolute Gasteiger partial charge is 0.320 e. The monoisotopic (exact) mass is 587 g/mol. The van der Waals surface area contributed by atoms with Crippen LogP contribution in [-0.2, 0) is 11.2 Å². The fourth-order valence-electron chi connectivity index (χ4n) is 7.21. The molecule has 8 heteroatoms. The molecule has 0 spiro atoms. The van der Waals surface area contributed by atoms with Gasteiger partial charge in [-0.05, 0) is 89.3 Å². The lowest BCUT2D eigenvalue weighted by Crippen LogP contribution is -2.58. The van der Waals surface area contributed by atoms with E-state index in [1.807, 2.05) is 29.2 Å². The van der Waals surface area contributed by atoms with Crippen LogP contribution in [0.2, 0.25) is 5.02 Å². The van der Waals surface area contributed by atoms with Gasteiger partial charge in [0.15, 0.2) is 0 Å². The Morgan fingerprint density at radius 3 is 2.02 bits per heavy atom. The van der Waals surface area contributed by atoms with Crippen molar-refractivity contribution in [2.24, 2.45) is 5.73 Å². The van der Waals surface area contributed by atoms with Gasteiger partial charge in [0, 0.05) is 55.4 Å². The number of halogens is 1. The Balaban J connectivity index is 1.44.